The summed E-state index contributed by atoms with van der Waals surface area (Å²) in [5.41, 5.74) is 0.765. The zero-order chi connectivity index (χ0) is 13.8. The first-order chi connectivity index (χ1) is 9.83. The molecule has 1 amide bonds. The van der Waals surface area contributed by atoms with E-state index >= 15 is 0 Å². The average molecular weight is 362 g/mol. The Bertz CT molecular complexity index is 589. The standard InChI is InChI=1S/C13H15N5OS.2ClH/c19-11(9-5-1-3-7-14-9)16-13-18-17-12(20-13)10-6-2-4-8-15-10;;/h2,4,6,8-9,14H,1,3,5,7H2,(H,16,18,19);2*1H/t9-;;/m1../s1. The third-order valence-corrected chi connectivity index (χ3v) is 4.03. The van der Waals surface area contributed by atoms with Crippen LogP contribution in [0.2, 0.25) is 0 Å². The molecule has 1 aliphatic heterocycles. The molecule has 2 N–H and O–H groups in total. The zero-order valence-corrected chi connectivity index (χ0v) is 14.1. The molecule has 3 heterocycles. The summed E-state index contributed by atoms with van der Waals surface area (Å²) >= 11 is 1.33. The molecule has 1 saturated heterocycles. The zero-order valence-electron chi connectivity index (χ0n) is 11.7. The Labute approximate surface area is 145 Å². The van der Waals surface area contributed by atoms with Crippen molar-refractivity contribution in [3.63, 3.8) is 0 Å². The number of nitrogens with zero attached hydrogens (tertiary/aromatic N) is 3. The van der Waals surface area contributed by atoms with Gasteiger partial charge in [-0.25, -0.2) is 0 Å². The van der Waals surface area contributed by atoms with Gasteiger partial charge in [-0.1, -0.05) is 23.8 Å². The van der Waals surface area contributed by atoms with Crippen molar-refractivity contribution in [3.8, 4) is 10.7 Å². The van der Waals surface area contributed by atoms with Gasteiger partial charge >= 0.3 is 0 Å². The van der Waals surface area contributed by atoms with Crippen molar-refractivity contribution < 1.29 is 4.79 Å². The highest BCUT2D eigenvalue weighted by Crippen LogP contribution is 2.24. The summed E-state index contributed by atoms with van der Waals surface area (Å²) in [7, 11) is 0. The number of anilines is 1. The van der Waals surface area contributed by atoms with Crippen LogP contribution in [0.1, 0.15) is 19.3 Å². The number of aromatic nitrogens is 3. The maximum Gasteiger partial charge on any atom is 0.243 e. The second-order valence-electron chi connectivity index (χ2n) is 4.62. The molecule has 1 fully saturated rings. The Morgan fingerprint density at radius 2 is 2.14 bits per heavy atom. The quantitative estimate of drug-likeness (QED) is 0.877. The van der Waals surface area contributed by atoms with Crippen LogP contribution in [0, 0.1) is 0 Å². The maximum atomic E-state index is 12.1. The number of pyridine rings is 1. The molecule has 2 aromatic rings. The lowest BCUT2D eigenvalue weighted by Crippen LogP contribution is -2.43. The molecule has 0 aromatic carbocycles. The van der Waals surface area contributed by atoms with Crippen molar-refractivity contribution >= 4 is 47.2 Å². The Hall–Kier alpha value is -1.28. The van der Waals surface area contributed by atoms with E-state index in [9.17, 15) is 4.79 Å². The van der Waals surface area contributed by atoms with E-state index in [1.54, 1.807) is 6.20 Å². The summed E-state index contributed by atoms with van der Waals surface area (Å²) in [5, 5.41) is 15.3. The molecule has 0 unspecified atom stereocenters. The van der Waals surface area contributed by atoms with Crippen LogP contribution in [0.4, 0.5) is 5.13 Å². The molecule has 0 radical (unpaired) electrons. The van der Waals surface area contributed by atoms with Gasteiger partial charge in [0.1, 0.15) is 5.69 Å². The molecule has 0 aliphatic carbocycles. The smallest absolute Gasteiger partial charge is 0.243 e. The number of hydrogen-bond acceptors (Lipinski definition) is 6. The number of hydrogen-bond donors (Lipinski definition) is 2. The van der Waals surface area contributed by atoms with Crippen LogP contribution >= 0.6 is 36.2 Å². The Balaban J connectivity index is 0.00000121. The molecule has 1 atom stereocenters. The van der Waals surface area contributed by atoms with Gasteiger partial charge in [0, 0.05) is 6.20 Å². The topological polar surface area (TPSA) is 79.8 Å². The van der Waals surface area contributed by atoms with Gasteiger partial charge in [-0.15, -0.1) is 35.0 Å². The highest BCUT2D eigenvalue weighted by atomic mass is 35.5. The van der Waals surface area contributed by atoms with Gasteiger partial charge in [0.15, 0.2) is 5.01 Å². The van der Waals surface area contributed by atoms with Crippen molar-refractivity contribution in [2.75, 3.05) is 11.9 Å². The molecule has 6 nitrogen and oxygen atoms in total. The lowest BCUT2D eigenvalue weighted by atomic mass is 10.0. The van der Waals surface area contributed by atoms with E-state index in [1.165, 1.54) is 11.3 Å². The van der Waals surface area contributed by atoms with E-state index < -0.39 is 0 Å². The minimum atomic E-state index is -0.119. The minimum Gasteiger partial charge on any atom is -0.306 e. The van der Waals surface area contributed by atoms with Crippen LogP contribution in [0.25, 0.3) is 10.7 Å². The Morgan fingerprint density at radius 1 is 1.27 bits per heavy atom. The second-order valence-corrected chi connectivity index (χ2v) is 5.60. The number of nitrogens with one attached hydrogen (secondary N) is 2. The molecule has 120 valence electrons. The third-order valence-electron chi connectivity index (χ3n) is 3.17. The van der Waals surface area contributed by atoms with Gasteiger partial charge < -0.3 is 5.32 Å². The number of carbonyl (C=O) groups is 1. The van der Waals surface area contributed by atoms with Crippen molar-refractivity contribution in [2.24, 2.45) is 0 Å². The predicted molar refractivity (Wildman–Crippen MR) is 91.9 cm³/mol. The Kier molecular flexibility index (Phi) is 7.67. The van der Waals surface area contributed by atoms with Gasteiger partial charge in [-0.05, 0) is 31.5 Å². The largest absolute Gasteiger partial charge is 0.306 e. The molecule has 22 heavy (non-hydrogen) atoms. The highest BCUT2D eigenvalue weighted by Gasteiger charge is 2.21. The SMILES string of the molecule is Cl.Cl.O=C(Nc1nnc(-c2ccccn2)s1)[C@H]1CCCCN1. The summed E-state index contributed by atoms with van der Waals surface area (Å²) in [6.45, 7) is 0.896. The summed E-state index contributed by atoms with van der Waals surface area (Å²) in [5.74, 6) is -0.0339. The van der Waals surface area contributed by atoms with Crippen LogP contribution in [-0.2, 0) is 4.79 Å². The summed E-state index contributed by atoms with van der Waals surface area (Å²) < 4.78 is 0. The predicted octanol–water partition coefficient (Wildman–Crippen LogP) is 2.52. The molecule has 9 heteroatoms. The first-order valence-electron chi connectivity index (χ1n) is 6.62. The van der Waals surface area contributed by atoms with Crippen molar-refractivity contribution in [1.82, 2.24) is 20.5 Å². The molecular weight excluding hydrogens is 345 g/mol. The second kappa shape index (κ2) is 8.99. The number of amides is 1. The van der Waals surface area contributed by atoms with E-state index in [4.69, 9.17) is 0 Å². The summed E-state index contributed by atoms with van der Waals surface area (Å²) in [6, 6.07) is 5.50. The fourth-order valence-corrected chi connectivity index (χ4v) is 2.86. The third kappa shape index (κ3) is 4.61. The van der Waals surface area contributed by atoms with Crippen LogP contribution in [0.5, 0.6) is 0 Å². The number of carbonyl (C=O) groups excluding carboxylic acids is 1. The monoisotopic (exact) mass is 361 g/mol. The summed E-state index contributed by atoms with van der Waals surface area (Å²) in [6.07, 6.45) is 4.80. The first kappa shape index (κ1) is 18.8. The van der Waals surface area contributed by atoms with Crippen LogP contribution < -0.4 is 10.6 Å². The van der Waals surface area contributed by atoms with Gasteiger partial charge in [0.25, 0.3) is 0 Å². The number of halogens is 2. The number of rotatable bonds is 3. The fraction of sp³-hybridized carbons (Fsp3) is 0.385. The lowest BCUT2D eigenvalue weighted by Gasteiger charge is -2.21. The fourth-order valence-electron chi connectivity index (χ4n) is 2.13. The molecule has 0 bridgehead atoms. The molecular formula is C13H17Cl2N5OS. The van der Waals surface area contributed by atoms with Crippen molar-refractivity contribution in [2.45, 2.75) is 25.3 Å². The van der Waals surface area contributed by atoms with E-state index in [0.717, 1.165) is 31.5 Å². The van der Waals surface area contributed by atoms with Crippen LogP contribution in [-0.4, -0.2) is 33.7 Å². The Morgan fingerprint density at radius 3 is 2.82 bits per heavy atom. The maximum absolute atomic E-state index is 12.1. The highest BCUT2D eigenvalue weighted by molar-refractivity contribution is 7.18. The lowest BCUT2D eigenvalue weighted by molar-refractivity contribution is -0.118. The average Bonchev–Trinajstić information content (AvgIpc) is 2.97. The van der Waals surface area contributed by atoms with E-state index in [2.05, 4.69) is 25.8 Å². The van der Waals surface area contributed by atoms with Gasteiger partial charge in [0.2, 0.25) is 11.0 Å². The van der Waals surface area contributed by atoms with E-state index in [1.807, 2.05) is 18.2 Å². The normalized spacial score (nSPS) is 17.0. The molecule has 1 aliphatic rings. The van der Waals surface area contributed by atoms with E-state index in [-0.39, 0.29) is 36.8 Å². The van der Waals surface area contributed by atoms with Crippen LogP contribution in [0.15, 0.2) is 24.4 Å². The summed E-state index contributed by atoms with van der Waals surface area (Å²) in [4.78, 5) is 16.3. The molecule has 2 aromatic heterocycles. The molecule has 0 saturated carbocycles. The number of piperidine rings is 1. The van der Waals surface area contributed by atoms with E-state index in [0.29, 0.717) is 10.1 Å². The van der Waals surface area contributed by atoms with Crippen LogP contribution in [0.3, 0.4) is 0 Å². The van der Waals surface area contributed by atoms with Crippen molar-refractivity contribution in [1.29, 1.82) is 0 Å². The first-order valence-corrected chi connectivity index (χ1v) is 7.44. The van der Waals surface area contributed by atoms with Gasteiger partial charge in [0.05, 0.1) is 6.04 Å². The van der Waals surface area contributed by atoms with Gasteiger partial charge in [-0.2, -0.15) is 0 Å². The molecule has 0 spiro atoms. The molecule has 3 rings (SSSR count). The van der Waals surface area contributed by atoms with Gasteiger partial charge in [-0.3, -0.25) is 15.1 Å². The van der Waals surface area contributed by atoms with Crippen molar-refractivity contribution in [3.05, 3.63) is 24.4 Å². The minimum absolute atomic E-state index is 0.